The number of benzene rings is 8. The van der Waals surface area contributed by atoms with E-state index in [4.69, 9.17) is 24.4 Å². The number of rotatable bonds is 5. The molecule has 0 aliphatic heterocycles. The number of hydrogen-bond acceptors (Lipinski definition) is 6. The van der Waals surface area contributed by atoms with Crippen LogP contribution in [0.15, 0.2) is 186 Å². The first-order chi connectivity index (χ1) is 28.7. The largest absolute Gasteiger partial charge is 0.455 e. The van der Waals surface area contributed by atoms with Crippen LogP contribution < -0.4 is 0 Å². The highest BCUT2D eigenvalue weighted by Crippen LogP contribution is 2.42. The molecule has 0 radical (unpaired) electrons. The second-order valence-corrected chi connectivity index (χ2v) is 15.6. The Hall–Kier alpha value is -7.54. The summed E-state index contributed by atoms with van der Waals surface area (Å²) in [4.78, 5) is 20.7. The molecule has 58 heavy (non-hydrogen) atoms. The molecule has 0 unspecified atom stereocenters. The Morgan fingerprint density at radius 1 is 0.362 bits per heavy atom. The summed E-state index contributed by atoms with van der Waals surface area (Å²) in [5.74, 6) is 1.94. The molecule has 0 N–H and O–H groups in total. The second-order valence-electron chi connectivity index (χ2n) is 14.5. The van der Waals surface area contributed by atoms with Crippen LogP contribution in [0.25, 0.3) is 120 Å². The highest BCUT2D eigenvalue weighted by molar-refractivity contribution is 7.26. The molecule has 0 bridgehead atoms. The van der Waals surface area contributed by atoms with Gasteiger partial charge in [-0.3, -0.25) is 0 Å². The third kappa shape index (κ3) is 5.16. The Balaban J connectivity index is 1.00. The fourth-order valence-electron chi connectivity index (χ4n) is 8.43. The summed E-state index contributed by atoms with van der Waals surface area (Å²) in [6.07, 6.45) is 0. The van der Waals surface area contributed by atoms with Gasteiger partial charge >= 0.3 is 0 Å². The minimum Gasteiger partial charge on any atom is -0.455 e. The zero-order valence-corrected chi connectivity index (χ0v) is 31.7. The molecule has 0 atom stereocenters. The quantitative estimate of drug-likeness (QED) is 0.175. The Kier molecular flexibility index (Phi) is 7.33. The number of fused-ring (bicyclic) bond motifs is 9. The van der Waals surface area contributed by atoms with E-state index in [-0.39, 0.29) is 0 Å². The molecule has 0 aliphatic rings. The van der Waals surface area contributed by atoms with Gasteiger partial charge in [0.2, 0.25) is 0 Å². The lowest BCUT2D eigenvalue weighted by Crippen LogP contribution is -2.01. The zero-order chi connectivity index (χ0) is 38.2. The average molecular weight is 759 g/mol. The van der Waals surface area contributed by atoms with E-state index in [1.54, 1.807) is 11.3 Å². The van der Waals surface area contributed by atoms with Crippen molar-refractivity contribution < 1.29 is 4.42 Å². The van der Waals surface area contributed by atoms with E-state index in [9.17, 15) is 0 Å². The van der Waals surface area contributed by atoms with E-state index in [2.05, 4.69) is 140 Å². The van der Waals surface area contributed by atoms with Crippen LogP contribution in [0.3, 0.4) is 0 Å². The fourth-order valence-corrected chi connectivity index (χ4v) is 9.64. The van der Waals surface area contributed by atoms with Crippen LogP contribution in [0, 0.1) is 0 Å². The molecule has 5 nitrogen and oxygen atoms in total. The molecule has 0 spiro atoms. The van der Waals surface area contributed by atoms with Gasteiger partial charge in [-0.1, -0.05) is 146 Å². The summed E-state index contributed by atoms with van der Waals surface area (Å²) < 4.78 is 8.87. The maximum atomic E-state index is 6.46. The van der Waals surface area contributed by atoms with Gasteiger partial charge < -0.3 is 4.42 Å². The van der Waals surface area contributed by atoms with E-state index in [1.165, 1.54) is 20.2 Å². The third-order valence-electron chi connectivity index (χ3n) is 11.2. The van der Waals surface area contributed by atoms with Crippen molar-refractivity contribution in [1.82, 2.24) is 19.9 Å². The summed E-state index contributed by atoms with van der Waals surface area (Å²) >= 11 is 1.78. The number of furan rings is 1. The molecule has 12 aromatic rings. The molecule has 0 saturated heterocycles. The van der Waals surface area contributed by atoms with Gasteiger partial charge in [0.05, 0.1) is 16.6 Å². The van der Waals surface area contributed by atoms with Crippen molar-refractivity contribution in [2.45, 2.75) is 0 Å². The first-order valence-electron chi connectivity index (χ1n) is 19.3. The Bertz CT molecular complexity index is 3570. The fraction of sp³-hybridized carbons (Fsp3) is 0. The third-order valence-corrected chi connectivity index (χ3v) is 12.4. The highest BCUT2D eigenvalue weighted by Gasteiger charge is 2.20. The van der Waals surface area contributed by atoms with E-state index in [0.29, 0.717) is 17.5 Å². The van der Waals surface area contributed by atoms with Crippen LogP contribution in [0.2, 0.25) is 0 Å². The van der Waals surface area contributed by atoms with Crippen LogP contribution >= 0.6 is 11.3 Å². The molecule has 4 heterocycles. The molecule has 0 amide bonds. The van der Waals surface area contributed by atoms with Gasteiger partial charge in [-0.15, -0.1) is 11.3 Å². The SMILES string of the molecule is c1ccc(-c2nc(-c3ccc(-c4ccc(-c5nc6ccccc6c6oc7ccccc7c56)cc4)c4ccccc34)nc(-c3cccc4c3sc3ccccc34)n2)cc1. The molecule has 8 aromatic carbocycles. The van der Waals surface area contributed by atoms with E-state index < -0.39 is 0 Å². The van der Waals surface area contributed by atoms with Crippen molar-refractivity contribution in [3.05, 3.63) is 182 Å². The minimum atomic E-state index is 0.638. The van der Waals surface area contributed by atoms with Crippen LogP contribution in [-0.2, 0) is 0 Å². The van der Waals surface area contributed by atoms with E-state index in [0.717, 1.165) is 82.7 Å². The lowest BCUT2D eigenvalue weighted by atomic mass is 9.93. The number of thiophene rings is 1. The summed E-state index contributed by atoms with van der Waals surface area (Å²) in [5, 5.41) is 7.76. The van der Waals surface area contributed by atoms with Crippen LogP contribution in [0.1, 0.15) is 0 Å². The zero-order valence-electron chi connectivity index (χ0n) is 30.9. The summed E-state index contributed by atoms with van der Waals surface area (Å²) in [5.41, 5.74) is 9.72. The molecule has 12 rings (SSSR count). The van der Waals surface area contributed by atoms with Crippen molar-refractivity contribution >= 4 is 75.1 Å². The Morgan fingerprint density at radius 2 is 0.966 bits per heavy atom. The maximum absolute atomic E-state index is 6.46. The van der Waals surface area contributed by atoms with Crippen molar-refractivity contribution in [3.8, 4) is 56.5 Å². The van der Waals surface area contributed by atoms with Crippen molar-refractivity contribution in [2.75, 3.05) is 0 Å². The maximum Gasteiger partial charge on any atom is 0.165 e. The van der Waals surface area contributed by atoms with Crippen molar-refractivity contribution in [3.63, 3.8) is 0 Å². The first-order valence-corrected chi connectivity index (χ1v) is 20.1. The molecule has 6 heteroatoms. The standard InChI is InChI=1S/C52H30N4OS/c1-2-13-33(14-3-1)50-54-51(56-52(55-50)42-21-12-20-38-37-17-8-11-24-45(37)58-49(38)42)39-30-29-34(35-15-4-5-16-36(35)39)31-25-27-32(28-26-31)47-46-41-19-7-10-23-44(41)57-48(46)40-18-6-9-22-43(40)53-47/h1-30H. The van der Waals surface area contributed by atoms with Crippen LogP contribution in [0.4, 0.5) is 0 Å². The number of hydrogen-bond donors (Lipinski definition) is 0. The van der Waals surface area contributed by atoms with Crippen molar-refractivity contribution in [1.29, 1.82) is 0 Å². The summed E-state index contributed by atoms with van der Waals surface area (Å²) in [7, 11) is 0. The lowest BCUT2D eigenvalue weighted by Gasteiger charge is -2.14. The second kappa shape index (κ2) is 13.0. The van der Waals surface area contributed by atoms with Crippen LogP contribution in [-0.4, -0.2) is 19.9 Å². The van der Waals surface area contributed by atoms with Crippen molar-refractivity contribution in [2.24, 2.45) is 0 Å². The smallest absolute Gasteiger partial charge is 0.165 e. The number of para-hydroxylation sites is 2. The van der Waals surface area contributed by atoms with E-state index in [1.807, 2.05) is 42.5 Å². The minimum absolute atomic E-state index is 0.638. The molecule has 270 valence electrons. The molecule has 4 aromatic heterocycles. The van der Waals surface area contributed by atoms with Gasteiger partial charge in [0, 0.05) is 53.2 Å². The monoisotopic (exact) mass is 758 g/mol. The lowest BCUT2D eigenvalue weighted by molar-refractivity contribution is 0.672. The van der Waals surface area contributed by atoms with Gasteiger partial charge in [0.1, 0.15) is 11.2 Å². The average Bonchev–Trinajstić information content (AvgIpc) is 3.88. The summed E-state index contributed by atoms with van der Waals surface area (Å²) in [6, 6.07) is 63.2. The first kappa shape index (κ1) is 32.7. The van der Waals surface area contributed by atoms with Crippen LogP contribution in [0.5, 0.6) is 0 Å². The Morgan fingerprint density at radius 3 is 1.79 bits per heavy atom. The number of aromatic nitrogens is 4. The molecular formula is C52H30N4OS. The molecular weight excluding hydrogens is 729 g/mol. The van der Waals surface area contributed by atoms with Gasteiger partial charge in [-0.2, -0.15) is 0 Å². The molecule has 0 saturated carbocycles. The van der Waals surface area contributed by atoms with Gasteiger partial charge in [0.15, 0.2) is 17.5 Å². The molecule has 0 aliphatic carbocycles. The number of pyridine rings is 1. The Labute approximate surface area is 336 Å². The predicted molar refractivity (Wildman–Crippen MR) is 240 cm³/mol. The normalized spacial score (nSPS) is 11.8. The van der Waals surface area contributed by atoms with Gasteiger partial charge in [-0.05, 0) is 58.3 Å². The molecule has 0 fully saturated rings. The highest BCUT2D eigenvalue weighted by atomic mass is 32.1. The van der Waals surface area contributed by atoms with Gasteiger partial charge in [-0.25, -0.2) is 19.9 Å². The predicted octanol–water partition coefficient (Wildman–Crippen LogP) is 14.2. The topological polar surface area (TPSA) is 64.7 Å². The van der Waals surface area contributed by atoms with Gasteiger partial charge in [0.25, 0.3) is 0 Å². The summed E-state index contributed by atoms with van der Waals surface area (Å²) in [6.45, 7) is 0. The van der Waals surface area contributed by atoms with E-state index >= 15 is 0 Å². The number of nitrogens with zero attached hydrogens (tertiary/aromatic N) is 4.